The van der Waals surface area contributed by atoms with Gasteiger partial charge in [-0.05, 0) is 24.1 Å². The molecule has 90 valence electrons. The van der Waals surface area contributed by atoms with Gasteiger partial charge in [0.2, 0.25) is 0 Å². The summed E-state index contributed by atoms with van der Waals surface area (Å²) in [5.74, 6) is 0.835. The predicted octanol–water partition coefficient (Wildman–Crippen LogP) is 2.51. The van der Waals surface area contributed by atoms with Gasteiger partial charge in [0, 0.05) is 6.61 Å². The number of nitrogens with two attached hydrogens (primary N) is 1. The minimum atomic E-state index is -0.0769. The van der Waals surface area contributed by atoms with Gasteiger partial charge in [-0.3, -0.25) is 0 Å². The van der Waals surface area contributed by atoms with Crippen molar-refractivity contribution >= 4 is 0 Å². The van der Waals surface area contributed by atoms with E-state index in [1.165, 1.54) is 0 Å². The minimum Gasteiger partial charge on any atom is -0.497 e. The molecule has 0 bridgehead atoms. The maximum atomic E-state index is 6.02. The first-order valence-corrected chi connectivity index (χ1v) is 5.75. The highest BCUT2D eigenvalue weighted by Gasteiger charge is 2.06. The SMILES string of the molecule is CCCCOCC(N)c1cccc(OC)c1. The second kappa shape index (κ2) is 7.25. The number of hydrogen-bond donors (Lipinski definition) is 1. The summed E-state index contributed by atoms with van der Waals surface area (Å²) in [5, 5.41) is 0. The molecule has 1 rings (SSSR count). The van der Waals surface area contributed by atoms with Gasteiger partial charge in [-0.2, -0.15) is 0 Å². The Morgan fingerprint density at radius 2 is 2.19 bits per heavy atom. The van der Waals surface area contributed by atoms with Crippen LogP contribution in [0.15, 0.2) is 24.3 Å². The largest absolute Gasteiger partial charge is 0.497 e. The molecule has 3 heteroatoms. The van der Waals surface area contributed by atoms with Gasteiger partial charge in [-0.25, -0.2) is 0 Å². The normalized spacial score (nSPS) is 12.4. The number of ether oxygens (including phenoxy) is 2. The third-order valence-electron chi connectivity index (χ3n) is 2.46. The Balaban J connectivity index is 2.42. The van der Waals surface area contributed by atoms with Crippen molar-refractivity contribution in [2.75, 3.05) is 20.3 Å². The summed E-state index contributed by atoms with van der Waals surface area (Å²) in [5.41, 5.74) is 7.07. The molecule has 16 heavy (non-hydrogen) atoms. The lowest BCUT2D eigenvalue weighted by atomic mass is 10.1. The monoisotopic (exact) mass is 223 g/mol. The lowest BCUT2D eigenvalue weighted by molar-refractivity contribution is 0.118. The molecule has 0 saturated heterocycles. The van der Waals surface area contributed by atoms with Crippen LogP contribution in [-0.2, 0) is 4.74 Å². The van der Waals surface area contributed by atoms with E-state index in [0.717, 1.165) is 30.8 Å². The molecule has 3 nitrogen and oxygen atoms in total. The second-order valence-corrected chi connectivity index (χ2v) is 3.81. The predicted molar refractivity (Wildman–Crippen MR) is 65.6 cm³/mol. The van der Waals surface area contributed by atoms with E-state index in [4.69, 9.17) is 15.2 Å². The molecule has 1 aromatic rings. The van der Waals surface area contributed by atoms with Crippen LogP contribution in [0.1, 0.15) is 31.4 Å². The van der Waals surface area contributed by atoms with Crippen LogP contribution in [0.5, 0.6) is 5.75 Å². The molecule has 1 unspecified atom stereocenters. The fraction of sp³-hybridized carbons (Fsp3) is 0.538. The molecule has 0 amide bonds. The van der Waals surface area contributed by atoms with Crippen LogP contribution >= 0.6 is 0 Å². The molecule has 0 heterocycles. The van der Waals surface area contributed by atoms with E-state index in [2.05, 4.69) is 6.92 Å². The first-order valence-electron chi connectivity index (χ1n) is 5.75. The zero-order valence-electron chi connectivity index (χ0n) is 10.1. The van der Waals surface area contributed by atoms with Crippen LogP contribution in [0.25, 0.3) is 0 Å². The molecule has 0 aliphatic rings. The molecule has 0 fully saturated rings. The molecule has 0 radical (unpaired) electrons. The molecule has 0 saturated carbocycles. The van der Waals surface area contributed by atoms with Crippen LogP contribution in [0.3, 0.4) is 0 Å². The molecule has 2 N–H and O–H groups in total. The fourth-order valence-corrected chi connectivity index (χ4v) is 1.43. The van der Waals surface area contributed by atoms with Crippen molar-refractivity contribution in [3.05, 3.63) is 29.8 Å². The van der Waals surface area contributed by atoms with Crippen molar-refractivity contribution in [3.8, 4) is 5.75 Å². The Morgan fingerprint density at radius 3 is 2.88 bits per heavy atom. The van der Waals surface area contributed by atoms with E-state index in [0.29, 0.717) is 6.61 Å². The summed E-state index contributed by atoms with van der Waals surface area (Å²) in [6.07, 6.45) is 2.24. The molecule has 0 aliphatic heterocycles. The summed E-state index contributed by atoms with van der Waals surface area (Å²) in [6, 6.07) is 7.73. The van der Waals surface area contributed by atoms with Crippen molar-refractivity contribution in [2.45, 2.75) is 25.8 Å². The first-order chi connectivity index (χ1) is 7.77. The summed E-state index contributed by atoms with van der Waals surface area (Å²) < 4.78 is 10.6. The molecule has 1 aromatic carbocycles. The molecule has 0 spiro atoms. The van der Waals surface area contributed by atoms with Crippen LogP contribution in [-0.4, -0.2) is 20.3 Å². The highest BCUT2D eigenvalue weighted by molar-refractivity contribution is 5.30. The number of methoxy groups -OCH3 is 1. The van der Waals surface area contributed by atoms with Gasteiger partial charge in [-0.15, -0.1) is 0 Å². The van der Waals surface area contributed by atoms with E-state index in [-0.39, 0.29) is 6.04 Å². The number of benzene rings is 1. The van der Waals surface area contributed by atoms with E-state index in [1.54, 1.807) is 7.11 Å². The summed E-state index contributed by atoms with van der Waals surface area (Å²) >= 11 is 0. The van der Waals surface area contributed by atoms with E-state index < -0.39 is 0 Å². The fourth-order valence-electron chi connectivity index (χ4n) is 1.43. The number of unbranched alkanes of at least 4 members (excludes halogenated alkanes) is 1. The Bertz CT molecular complexity index is 302. The third kappa shape index (κ3) is 4.21. The average Bonchev–Trinajstić information content (AvgIpc) is 2.34. The summed E-state index contributed by atoms with van der Waals surface area (Å²) in [7, 11) is 1.66. The zero-order valence-corrected chi connectivity index (χ0v) is 10.1. The summed E-state index contributed by atoms with van der Waals surface area (Å²) in [6.45, 7) is 3.49. The molecule has 0 aromatic heterocycles. The summed E-state index contributed by atoms with van der Waals surface area (Å²) in [4.78, 5) is 0. The van der Waals surface area contributed by atoms with E-state index in [9.17, 15) is 0 Å². The number of hydrogen-bond acceptors (Lipinski definition) is 3. The first kappa shape index (κ1) is 13.0. The maximum Gasteiger partial charge on any atom is 0.119 e. The smallest absolute Gasteiger partial charge is 0.119 e. The average molecular weight is 223 g/mol. The lowest BCUT2D eigenvalue weighted by Gasteiger charge is -2.13. The van der Waals surface area contributed by atoms with Crippen molar-refractivity contribution in [1.29, 1.82) is 0 Å². The van der Waals surface area contributed by atoms with Gasteiger partial charge in [0.25, 0.3) is 0 Å². The van der Waals surface area contributed by atoms with Crippen molar-refractivity contribution in [1.82, 2.24) is 0 Å². The maximum absolute atomic E-state index is 6.02. The third-order valence-corrected chi connectivity index (χ3v) is 2.46. The van der Waals surface area contributed by atoms with Crippen LogP contribution in [0.2, 0.25) is 0 Å². The Labute approximate surface area is 97.6 Å². The van der Waals surface area contributed by atoms with Crippen LogP contribution in [0.4, 0.5) is 0 Å². The highest BCUT2D eigenvalue weighted by Crippen LogP contribution is 2.17. The van der Waals surface area contributed by atoms with Crippen LogP contribution < -0.4 is 10.5 Å². The quantitative estimate of drug-likeness (QED) is 0.722. The van der Waals surface area contributed by atoms with E-state index in [1.807, 2.05) is 24.3 Å². The second-order valence-electron chi connectivity index (χ2n) is 3.81. The zero-order chi connectivity index (χ0) is 11.8. The Kier molecular flexibility index (Phi) is 5.90. The van der Waals surface area contributed by atoms with Gasteiger partial charge in [0.1, 0.15) is 5.75 Å². The number of rotatable bonds is 7. The van der Waals surface area contributed by atoms with Crippen molar-refractivity contribution in [3.63, 3.8) is 0 Å². The molecule has 1 atom stereocenters. The van der Waals surface area contributed by atoms with Gasteiger partial charge in [0.15, 0.2) is 0 Å². The topological polar surface area (TPSA) is 44.5 Å². The molecular weight excluding hydrogens is 202 g/mol. The highest BCUT2D eigenvalue weighted by atomic mass is 16.5. The van der Waals surface area contributed by atoms with Crippen molar-refractivity contribution < 1.29 is 9.47 Å². The van der Waals surface area contributed by atoms with E-state index >= 15 is 0 Å². The van der Waals surface area contributed by atoms with Crippen molar-refractivity contribution in [2.24, 2.45) is 5.73 Å². The Morgan fingerprint density at radius 1 is 1.38 bits per heavy atom. The molecule has 0 aliphatic carbocycles. The van der Waals surface area contributed by atoms with Crippen LogP contribution in [0, 0.1) is 0 Å². The Hall–Kier alpha value is -1.06. The van der Waals surface area contributed by atoms with Gasteiger partial charge >= 0.3 is 0 Å². The standard InChI is InChI=1S/C13H21NO2/c1-3-4-8-16-10-13(14)11-6-5-7-12(9-11)15-2/h5-7,9,13H,3-4,8,10,14H2,1-2H3. The minimum absolute atomic E-state index is 0.0769. The van der Waals surface area contributed by atoms with Gasteiger partial charge in [-0.1, -0.05) is 25.5 Å². The molecular formula is C13H21NO2. The lowest BCUT2D eigenvalue weighted by Crippen LogP contribution is -2.17. The van der Waals surface area contributed by atoms with Gasteiger partial charge < -0.3 is 15.2 Å². The van der Waals surface area contributed by atoms with Gasteiger partial charge in [0.05, 0.1) is 19.8 Å².